The number of carbonyl (C=O) groups is 1. The average Bonchev–Trinajstić information content (AvgIpc) is 2.75. The van der Waals surface area contributed by atoms with Crippen LogP contribution in [0.4, 0.5) is 0 Å². The van der Waals surface area contributed by atoms with Crippen LogP contribution in [0.5, 0.6) is 0 Å². The largest absolute Gasteiger partial charge is 0.478 e. The number of carboxylic acid groups (broad SMARTS) is 1. The van der Waals surface area contributed by atoms with Crippen LogP contribution in [0, 0.1) is 0 Å². The zero-order chi connectivity index (χ0) is 9.97. The fourth-order valence-corrected chi connectivity index (χ4v) is 1.05. The monoisotopic (exact) mass is 193 g/mol. The van der Waals surface area contributed by atoms with Gasteiger partial charge in [-0.25, -0.2) is 14.5 Å². The van der Waals surface area contributed by atoms with Crippen LogP contribution in [0.1, 0.15) is 16.1 Å². The predicted octanol–water partition coefficient (Wildman–Crippen LogP) is 0.618. The summed E-state index contributed by atoms with van der Waals surface area (Å²) in [6.07, 6.45) is 4.14. The van der Waals surface area contributed by atoms with E-state index < -0.39 is 5.97 Å². The number of hydrogen-bond acceptors (Lipinski definition) is 4. The van der Waals surface area contributed by atoms with Gasteiger partial charge in [0.1, 0.15) is 31.2 Å². The molecule has 1 N–H and O–H groups in total. The molecule has 0 radical (unpaired) electrons. The van der Waals surface area contributed by atoms with Crippen molar-refractivity contribution in [2.75, 3.05) is 0 Å². The normalized spacial score (nSPS) is 10.3. The van der Waals surface area contributed by atoms with Gasteiger partial charge in [0, 0.05) is 0 Å². The fourth-order valence-electron chi connectivity index (χ4n) is 1.05. The second-order valence-corrected chi connectivity index (χ2v) is 2.70. The lowest BCUT2D eigenvalue weighted by Gasteiger charge is -1.93. The molecule has 0 aliphatic rings. The molecule has 0 atom stereocenters. The molecule has 72 valence electrons. The van der Waals surface area contributed by atoms with Crippen LogP contribution in [0.3, 0.4) is 0 Å². The van der Waals surface area contributed by atoms with Crippen LogP contribution in [0.2, 0.25) is 0 Å². The molecule has 6 nitrogen and oxygen atoms in total. The Morgan fingerprint density at radius 1 is 1.64 bits per heavy atom. The summed E-state index contributed by atoms with van der Waals surface area (Å²) in [5.41, 5.74) is 0.139. The summed E-state index contributed by atoms with van der Waals surface area (Å²) in [4.78, 5) is 14.3. The zero-order valence-electron chi connectivity index (χ0n) is 7.12. The third kappa shape index (κ3) is 1.63. The Morgan fingerprint density at radius 2 is 2.50 bits per heavy atom. The van der Waals surface area contributed by atoms with Gasteiger partial charge < -0.3 is 9.52 Å². The summed E-state index contributed by atoms with van der Waals surface area (Å²) in [6, 6.07) is 1.46. The Bertz CT molecular complexity index is 432. The van der Waals surface area contributed by atoms with Gasteiger partial charge in [-0.05, 0) is 6.07 Å². The Labute approximate surface area is 78.8 Å². The van der Waals surface area contributed by atoms with Crippen LogP contribution < -0.4 is 0 Å². The Balaban J connectivity index is 2.14. The van der Waals surface area contributed by atoms with Crippen LogP contribution in [0.15, 0.2) is 29.4 Å². The Morgan fingerprint density at radius 3 is 3.07 bits per heavy atom. The van der Waals surface area contributed by atoms with Gasteiger partial charge in [0.2, 0.25) is 0 Å². The molecule has 14 heavy (non-hydrogen) atoms. The fraction of sp³-hybridized carbons (Fsp3) is 0.125. The van der Waals surface area contributed by atoms with Crippen molar-refractivity contribution in [2.24, 2.45) is 0 Å². The third-order valence-corrected chi connectivity index (χ3v) is 1.69. The molecule has 6 heteroatoms. The topological polar surface area (TPSA) is 81.1 Å². The van der Waals surface area contributed by atoms with Crippen LogP contribution >= 0.6 is 0 Å². The van der Waals surface area contributed by atoms with Gasteiger partial charge in [-0.2, -0.15) is 5.10 Å². The minimum Gasteiger partial charge on any atom is -0.478 e. The van der Waals surface area contributed by atoms with Crippen molar-refractivity contribution in [3.05, 3.63) is 36.3 Å². The third-order valence-electron chi connectivity index (χ3n) is 1.69. The van der Waals surface area contributed by atoms with E-state index in [1.807, 2.05) is 0 Å². The molecule has 0 saturated heterocycles. The number of furan rings is 1. The minimum atomic E-state index is -1.00. The lowest BCUT2D eigenvalue weighted by atomic mass is 10.3. The van der Waals surface area contributed by atoms with E-state index >= 15 is 0 Å². The number of rotatable bonds is 3. The molecular weight excluding hydrogens is 186 g/mol. The number of aromatic nitrogens is 3. The van der Waals surface area contributed by atoms with Crippen molar-refractivity contribution < 1.29 is 14.3 Å². The highest BCUT2D eigenvalue weighted by Gasteiger charge is 2.08. The maximum absolute atomic E-state index is 10.5. The summed E-state index contributed by atoms with van der Waals surface area (Å²) in [5.74, 6) is -0.466. The molecule has 0 unspecified atom stereocenters. The quantitative estimate of drug-likeness (QED) is 0.772. The molecular formula is C8H7N3O3. The van der Waals surface area contributed by atoms with Gasteiger partial charge in [0.25, 0.3) is 0 Å². The second-order valence-electron chi connectivity index (χ2n) is 2.70. The first-order valence-electron chi connectivity index (χ1n) is 3.89. The maximum Gasteiger partial charge on any atom is 0.338 e. The predicted molar refractivity (Wildman–Crippen MR) is 44.8 cm³/mol. The summed E-state index contributed by atoms with van der Waals surface area (Å²) in [5, 5.41) is 12.5. The molecule has 0 amide bonds. The van der Waals surface area contributed by atoms with Crippen molar-refractivity contribution >= 4 is 5.97 Å². The Hall–Kier alpha value is -2.11. The van der Waals surface area contributed by atoms with E-state index in [4.69, 9.17) is 9.52 Å². The average molecular weight is 193 g/mol. The molecule has 0 aliphatic heterocycles. The van der Waals surface area contributed by atoms with Gasteiger partial charge in [-0.1, -0.05) is 0 Å². The van der Waals surface area contributed by atoms with Crippen molar-refractivity contribution in [1.82, 2.24) is 14.8 Å². The molecule has 0 aliphatic carbocycles. The summed E-state index contributed by atoms with van der Waals surface area (Å²) < 4.78 is 6.58. The van der Waals surface area contributed by atoms with E-state index in [-0.39, 0.29) is 5.56 Å². The van der Waals surface area contributed by atoms with Crippen LogP contribution in [-0.4, -0.2) is 25.8 Å². The second kappa shape index (κ2) is 3.33. The zero-order valence-corrected chi connectivity index (χ0v) is 7.12. The highest BCUT2D eigenvalue weighted by Crippen LogP contribution is 2.08. The van der Waals surface area contributed by atoms with E-state index in [9.17, 15) is 4.79 Å². The van der Waals surface area contributed by atoms with Crippen LogP contribution in [0.25, 0.3) is 0 Å². The van der Waals surface area contributed by atoms with E-state index in [2.05, 4.69) is 10.1 Å². The molecule has 0 bridgehead atoms. The van der Waals surface area contributed by atoms with Crippen molar-refractivity contribution in [2.45, 2.75) is 6.54 Å². The van der Waals surface area contributed by atoms with E-state index in [0.717, 1.165) is 0 Å². The lowest BCUT2D eigenvalue weighted by molar-refractivity contribution is 0.0696. The molecule has 2 rings (SSSR count). The molecule has 0 spiro atoms. The SMILES string of the molecule is O=C(O)c1coc(Cn2cncn2)c1. The van der Waals surface area contributed by atoms with Crippen molar-refractivity contribution in [3.63, 3.8) is 0 Å². The first-order valence-corrected chi connectivity index (χ1v) is 3.89. The van der Waals surface area contributed by atoms with E-state index in [1.54, 1.807) is 4.68 Å². The number of aromatic carboxylic acids is 1. The molecule has 2 heterocycles. The molecule has 2 aromatic rings. The first-order chi connectivity index (χ1) is 6.75. The van der Waals surface area contributed by atoms with Crippen LogP contribution in [-0.2, 0) is 6.54 Å². The lowest BCUT2D eigenvalue weighted by Crippen LogP contribution is -1.98. The first kappa shape index (κ1) is 8.49. The van der Waals surface area contributed by atoms with Gasteiger partial charge in [-0.15, -0.1) is 0 Å². The number of nitrogens with zero attached hydrogens (tertiary/aromatic N) is 3. The standard InChI is InChI=1S/C8H7N3O3/c12-8(13)6-1-7(14-3-6)2-11-5-9-4-10-11/h1,3-5H,2H2,(H,12,13). The van der Waals surface area contributed by atoms with Gasteiger partial charge in [-0.3, -0.25) is 0 Å². The van der Waals surface area contributed by atoms with Gasteiger partial charge in [0.05, 0.1) is 5.56 Å². The smallest absolute Gasteiger partial charge is 0.338 e. The molecule has 0 saturated carbocycles. The summed E-state index contributed by atoms with van der Waals surface area (Å²) >= 11 is 0. The molecule has 0 fully saturated rings. The molecule has 0 aromatic carbocycles. The molecule has 2 aromatic heterocycles. The van der Waals surface area contributed by atoms with Gasteiger partial charge in [0.15, 0.2) is 0 Å². The number of hydrogen-bond donors (Lipinski definition) is 1. The highest BCUT2D eigenvalue weighted by molar-refractivity contribution is 5.87. The highest BCUT2D eigenvalue weighted by atomic mass is 16.4. The maximum atomic E-state index is 10.5. The van der Waals surface area contributed by atoms with Crippen molar-refractivity contribution in [1.29, 1.82) is 0 Å². The summed E-state index contributed by atoms with van der Waals surface area (Å²) in [6.45, 7) is 0.382. The van der Waals surface area contributed by atoms with Gasteiger partial charge >= 0.3 is 5.97 Å². The number of carboxylic acids is 1. The van der Waals surface area contributed by atoms with E-state index in [0.29, 0.717) is 12.3 Å². The Kier molecular flexibility index (Phi) is 2.02. The van der Waals surface area contributed by atoms with E-state index in [1.165, 1.54) is 25.0 Å². The van der Waals surface area contributed by atoms with Crippen molar-refractivity contribution in [3.8, 4) is 0 Å². The summed E-state index contributed by atoms with van der Waals surface area (Å²) in [7, 11) is 0. The minimum absolute atomic E-state index is 0.139.